The van der Waals surface area contributed by atoms with Crippen molar-refractivity contribution in [1.29, 1.82) is 0 Å². The first kappa shape index (κ1) is 22.8. The summed E-state index contributed by atoms with van der Waals surface area (Å²) in [6, 6.07) is 8.93. The van der Waals surface area contributed by atoms with Gasteiger partial charge in [0, 0.05) is 30.7 Å². The Morgan fingerprint density at radius 1 is 1.15 bits per heavy atom. The minimum atomic E-state index is -0.369. The van der Waals surface area contributed by atoms with Crippen molar-refractivity contribution in [3.63, 3.8) is 0 Å². The summed E-state index contributed by atoms with van der Waals surface area (Å²) in [7, 11) is 1.46. The minimum absolute atomic E-state index is 0.0507. The molecule has 9 nitrogen and oxygen atoms in total. The highest BCUT2D eigenvalue weighted by Gasteiger charge is 2.23. The maximum absolute atomic E-state index is 12.7. The fourth-order valence-corrected chi connectivity index (χ4v) is 4.68. The molecule has 1 aromatic heterocycles. The van der Waals surface area contributed by atoms with Gasteiger partial charge in [-0.3, -0.25) is 10.2 Å². The number of anilines is 1. The highest BCUT2D eigenvalue weighted by molar-refractivity contribution is 6.38. The van der Waals surface area contributed by atoms with Gasteiger partial charge in [0.25, 0.3) is 5.88 Å². The van der Waals surface area contributed by atoms with E-state index >= 15 is 0 Å². The van der Waals surface area contributed by atoms with Gasteiger partial charge in [-0.25, -0.2) is 14.8 Å². The first-order valence-electron chi connectivity index (χ1n) is 10.9. The number of urea groups is 1. The normalized spacial score (nSPS) is 16.0. The van der Waals surface area contributed by atoms with Crippen LogP contribution in [-0.4, -0.2) is 53.9 Å². The summed E-state index contributed by atoms with van der Waals surface area (Å²) in [5.41, 5.74) is 2.09. The molecule has 2 aromatic carbocycles. The van der Waals surface area contributed by atoms with Crippen molar-refractivity contribution in [3.05, 3.63) is 45.9 Å². The Bertz CT molecular complexity index is 1230. The summed E-state index contributed by atoms with van der Waals surface area (Å²) in [6.07, 6.45) is 1.67. The second-order valence-electron chi connectivity index (χ2n) is 8.17. The molecule has 2 aliphatic rings. The second-order valence-corrected chi connectivity index (χ2v) is 9.02. The van der Waals surface area contributed by atoms with Crippen molar-refractivity contribution in [3.8, 4) is 17.4 Å². The number of aromatic nitrogens is 2. The topological polar surface area (TPSA) is 97.8 Å². The van der Waals surface area contributed by atoms with Gasteiger partial charge in [-0.2, -0.15) is 0 Å². The summed E-state index contributed by atoms with van der Waals surface area (Å²) in [5, 5.41) is 6.54. The number of rotatable bonds is 5. The Labute approximate surface area is 206 Å². The predicted molar refractivity (Wildman–Crippen MR) is 129 cm³/mol. The third-order valence-electron chi connectivity index (χ3n) is 5.85. The van der Waals surface area contributed by atoms with E-state index in [0.29, 0.717) is 21.1 Å². The van der Waals surface area contributed by atoms with E-state index in [0.717, 1.165) is 44.0 Å². The Balaban J connectivity index is 1.17. The Hall–Kier alpha value is -3.01. The number of benzene rings is 2. The van der Waals surface area contributed by atoms with Crippen LogP contribution in [0.3, 0.4) is 0 Å². The van der Waals surface area contributed by atoms with Crippen LogP contribution in [-0.2, 0) is 6.54 Å². The molecule has 0 unspecified atom stereocenters. The van der Waals surface area contributed by atoms with Gasteiger partial charge >= 0.3 is 6.03 Å². The number of halogens is 2. The molecule has 5 rings (SSSR count). The average molecular weight is 504 g/mol. The van der Waals surface area contributed by atoms with E-state index in [4.69, 9.17) is 37.4 Å². The molecule has 0 radical (unpaired) electrons. The van der Waals surface area contributed by atoms with E-state index < -0.39 is 0 Å². The fourth-order valence-electron chi connectivity index (χ4n) is 4.16. The summed E-state index contributed by atoms with van der Waals surface area (Å²) in [4.78, 5) is 23.8. The first-order chi connectivity index (χ1) is 16.5. The fraction of sp³-hybridized carbons (Fsp3) is 0.348. The number of hydrogen-bond acceptors (Lipinski definition) is 7. The molecule has 3 heterocycles. The van der Waals surface area contributed by atoms with Gasteiger partial charge in [0.05, 0.1) is 17.6 Å². The summed E-state index contributed by atoms with van der Waals surface area (Å²) in [5.74, 6) is 1.95. The molecule has 178 valence electrons. The molecule has 34 heavy (non-hydrogen) atoms. The van der Waals surface area contributed by atoms with E-state index in [1.54, 1.807) is 12.1 Å². The number of fused-ring (bicyclic) bond motifs is 2. The number of ether oxygens (including phenoxy) is 3. The van der Waals surface area contributed by atoms with Gasteiger partial charge < -0.3 is 19.5 Å². The molecule has 0 aliphatic carbocycles. The zero-order valence-corrected chi connectivity index (χ0v) is 19.9. The van der Waals surface area contributed by atoms with Crippen LogP contribution < -0.4 is 24.8 Å². The molecule has 1 fully saturated rings. The monoisotopic (exact) mass is 503 g/mol. The van der Waals surface area contributed by atoms with Crippen molar-refractivity contribution in [2.45, 2.75) is 25.4 Å². The lowest BCUT2D eigenvalue weighted by atomic mass is 10.0. The summed E-state index contributed by atoms with van der Waals surface area (Å²) in [6.45, 7) is 2.84. The average Bonchev–Trinajstić information content (AvgIpc) is 3.28. The summed E-state index contributed by atoms with van der Waals surface area (Å²) >= 11 is 12.3. The van der Waals surface area contributed by atoms with Crippen LogP contribution in [0.1, 0.15) is 18.4 Å². The third-order valence-corrected chi connectivity index (χ3v) is 6.35. The van der Waals surface area contributed by atoms with Crippen LogP contribution >= 0.6 is 23.2 Å². The number of likely N-dealkylation sites (tertiary alicyclic amines) is 1. The lowest BCUT2D eigenvalue weighted by Gasteiger charge is -2.32. The zero-order chi connectivity index (χ0) is 23.7. The van der Waals surface area contributed by atoms with Crippen molar-refractivity contribution in [2.24, 2.45) is 0 Å². The third kappa shape index (κ3) is 4.91. The van der Waals surface area contributed by atoms with Gasteiger partial charge in [0.15, 0.2) is 17.3 Å². The highest BCUT2D eigenvalue weighted by Crippen LogP contribution is 2.33. The van der Waals surface area contributed by atoms with Gasteiger partial charge in [-0.1, -0.05) is 29.3 Å². The molecular formula is C23H23Cl2N5O4. The van der Waals surface area contributed by atoms with Crippen LogP contribution in [0.5, 0.6) is 17.4 Å². The smallest absolute Gasteiger partial charge is 0.320 e. The zero-order valence-electron chi connectivity index (χ0n) is 18.4. The molecular weight excluding hydrogens is 481 g/mol. The lowest BCUT2D eigenvalue weighted by Crippen LogP contribution is -2.45. The van der Waals surface area contributed by atoms with Crippen LogP contribution in [0.15, 0.2) is 30.3 Å². The van der Waals surface area contributed by atoms with E-state index in [2.05, 4.69) is 31.6 Å². The predicted octanol–water partition coefficient (Wildman–Crippen LogP) is 4.46. The quantitative estimate of drug-likeness (QED) is 0.530. The number of carbonyl (C=O) groups excluding carboxylic acids is 1. The first-order valence-corrected chi connectivity index (χ1v) is 11.6. The van der Waals surface area contributed by atoms with E-state index in [1.807, 2.05) is 12.1 Å². The standard InChI is InChI=1S/C23H23Cl2N5O4/c1-32-22-21(28-20-16(25)9-14(24)10-17(20)27-22)29-23(31)26-15-4-6-30(7-5-15)11-13-2-3-18-19(8-13)34-12-33-18/h2-3,8-10,15H,4-7,11-12H2,1H3,(H2,26,28,29,31). The number of nitrogens with one attached hydrogen (secondary N) is 2. The molecule has 2 amide bonds. The number of amides is 2. The molecule has 2 aliphatic heterocycles. The van der Waals surface area contributed by atoms with E-state index in [-0.39, 0.29) is 30.6 Å². The Morgan fingerprint density at radius 3 is 2.74 bits per heavy atom. The summed E-state index contributed by atoms with van der Waals surface area (Å²) < 4.78 is 16.1. The second kappa shape index (κ2) is 9.69. The maximum Gasteiger partial charge on any atom is 0.320 e. The van der Waals surface area contributed by atoms with Crippen molar-refractivity contribution in [1.82, 2.24) is 20.2 Å². The van der Waals surface area contributed by atoms with Crippen molar-refractivity contribution in [2.75, 3.05) is 32.3 Å². The Kier molecular flexibility index (Phi) is 6.49. The van der Waals surface area contributed by atoms with Gasteiger partial charge in [0.1, 0.15) is 5.52 Å². The van der Waals surface area contributed by atoms with Crippen LogP contribution in [0.2, 0.25) is 10.0 Å². The van der Waals surface area contributed by atoms with E-state index in [9.17, 15) is 4.79 Å². The lowest BCUT2D eigenvalue weighted by molar-refractivity contribution is 0.173. The van der Waals surface area contributed by atoms with Crippen molar-refractivity contribution >= 4 is 46.1 Å². The van der Waals surface area contributed by atoms with Crippen molar-refractivity contribution < 1.29 is 19.0 Å². The van der Waals surface area contributed by atoms with Crippen LogP contribution in [0.25, 0.3) is 11.0 Å². The molecule has 0 atom stereocenters. The van der Waals surface area contributed by atoms with Gasteiger partial charge in [-0.15, -0.1) is 0 Å². The molecule has 0 saturated carbocycles. The minimum Gasteiger partial charge on any atom is -0.478 e. The largest absolute Gasteiger partial charge is 0.478 e. The molecule has 3 aromatic rings. The van der Waals surface area contributed by atoms with E-state index in [1.165, 1.54) is 12.7 Å². The van der Waals surface area contributed by atoms with Crippen LogP contribution in [0.4, 0.5) is 10.6 Å². The number of methoxy groups -OCH3 is 1. The molecule has 0 spiro atoms. The molecule has 11 heteroatoms. The van der Waals surface area contributed by atoms with Gasteiger partial charge in [0.2, 0.25) is 6.79 Å². The number of nitrogens with zero attached hydrogens (tertiary/aromatic N) is 3. The molecule has 1 saturated heterocycles. The SMILES string of the molecule is COc1nc2cc(Cl)cc(Cl)c2nc1NC(=O)NC1CCN(Cc2ccc3c(c2)OCO3)CC1. The van der Waals surface area contributed by atoms with Gasteiger partial charge in [-0.05, 0) is 42.7 Å². The maximum atomic E-state index is 12.7. The highest BCUT2D eigenvalue weighted by atomic mass is 35.5. The van der Waals surface area contributed by atoms with Crippen LogP contribution in [0, 0.1) is 0 Å². The number of carbonyl (C=O) groups is 1. The Morgan fingerprint density at radius 2 is 1.94 bits per heavy atom. The molecule has 2 N–H and O–H groups in total. The molecule has 0 bridgehead atoms. The number of hydrogen-bond donors (Lipinski definition) is 2. The number of piperidine rings is 1.